The molecule has 0 aromatic rings. The van der Waals surface area contributed by atoms with Gasteiger partial charge in [-0.05, 0) is 44.4 Å². The zero-order chi connectivity index (χ0) is 10.5. The highest BCUT2D eigenvalue weighted by Crippen LogP contribution is 2.34. The number of thioether (sulfide) groups is 1. The fourth-order valence-corrected chi connectivity index (χ4v) is 4.75. The van der Waals surface area contributed by atoms with Gasteiger partial charge in [-0.1, -0.05) is 25.7 Å². The first-order chi connectivity index (χ1) is 7.40. The van der Waals surface area contributed by atoms with Crippen LogP contribution in [-0.4, -0.2) is 24.1 Å². The van der Waals surface area contributed by atoms with E-state index in [-0.39, 0.29) is 0 Å². The summed E-state index contributed by atoms with van der Waals surface area (Å²) in [6, 6.07) is 0.796. The van der Waals surface area contributed by atoms with Gasteiger partial charge in [0.15, 0.2) is 0 Å². The predicted octanol–water partition coefficient (Wildman–Crippen LogP) is 3.44. The zero-order valence-electron chi connectivity index (χ0n) is 10.0. The molecule has 2 atom stereocenters. The van der Waals surface area contributed by atoms with E-state index in [0.29, 0.717) is 0 Å². The molecule has 1 nitrogen and oxygen atoms in total. The molecule has 0 amide bonds. The minimum atomic E-state index is 0.796. The third-order valence-corrected chi connectivity index (χ3v) is 5.75. The molecular formula is C13H25NS. The van der Waals surface area contributed by atoms with Crippen molar-refractivity contribution in [1.29, 1.82) is 0 Å². The van der Waals surface area contributed by atoms with Crippen molar-refractivity contribution < 1.29 is 0 Å². The summed E-state index contributed by atoms with van der Waals surface area (Å²) in [4.78, 5) is 0. The van der Waals surface area contributed by atoms with Crippen LogP contribution in [0.4, 0.5) is 0 Å². The van der Waals surface area contributed by atoms with E-state index in [1.165, 1.54) is 57.1 Å². The Hall–Kier alpha value is 0.310. The van der Waals surface area contributed by atoms with Crippen molar-refractivity contribution in [1.82, 2.24) is 5.32 Å². The maximum absolute atomic E-state index is 3.51. The van der Waals surface area contributed by atoms with Crippen LogP contribution in [0.2, 0.25) is 0 Å². The molecule has 0 aromatic carbocycles. The van der Waals surface area contributed by atoms with Crippen LogP contribution in [0.15, 0.2) is 0 Å². The van der Waals surface area contributed by atoms with Crippen molar-refractivity contribution in [2.45, 2.75) is 62.7 Å². The molecule has 2 fully saturated rings. The van der Waals surface area contributed by atoms with Crippen molar-refractivity contribution in [2.75, 3.05) is 12.8 Å². The third kappa shape index (κ3) is 3.39. The molecule has 2 rings (SSSR count). The van der Waals surface area contributed by atoms with E-state index in [1.807, 2.05) is 0 Å². The molecule has 0 spiro atoms. The predicted molar refractivity (Wildman–Crippen MR) is 69.5 cm³/mol. The van der Waals surface area contributed by atoms with E-state index in [0.717, 1.165) is 17.2 Å². The Morgan fingerprint density at radius 3 is 2.40 bits per heavy atom. The Kier molecular flexibility index (Phi) is 4.83. The maximum Gasteiger partial charge on any atom is 0.0201 e. The van der Waals surface area contributed by atoms with Gasteiger partial charge in [-0.3, -0.25) is 0 Å². The highest BCUT2D eigenvalue weighted by atomic mass is 32.2. The van der Waals surface area contributed by atoms with E-state index in [1.54, 1.807) is 0 Å². The zero-order valence-corrected chi connectivity index (χ0v) is 10.8. The third-order valence-electron chi connectivity index (χ3n) is 4.09. The molecule has 0 saturated heterocycles. The molecule has 2 heteroatoms. The highest BCUT2D eigenvalue weighted by Gasteiger charge is 2.25. The Morgan fingerprint density at radius 1 is 1.00 bits per heavy atom. The van der Waals surface area contributed by atoms with E-state index in [4.69, 9.17) is 0 Å². The van der Waals surface area contributed by atoms with Gasteiger partial charge >= 0.3 is 0 Å². The summed E-state index contributed by atoms with van der Waals surface area (Å²) < 4.78 is 0. The van der Waals surface area contributed by atoms with Crippen LogP contribution in [0.25, 0.3) is 0 Å². The SMILES string of the molecule is CNC1CCCCC1SCC1CCCC1. The van der Waals surface area contributed by atoms with Gasteiger partial charge in [-0.15, -0.1) is 0 Å². The van der Waals surface area contributed by atoms with Crippen LogP contribution >= 0.6 is 11.8 Å². The smallest absolute Gasteiger partial charge is 0.0201 e. The molecule has 15 heavy (non-hydrogen) atoms. The largest absolute Gasteiger partial charge is 0.316 e. The molecule has 2 unspecified atom stereocenters. The van der Waals surface area contributed by atoms with Crippen molar-refractivity contribution in [3.8, 4) is 0 Å². The van der Waals surface area contributed by atoms with Crippen molar-refractivity contribution in [3.05, 3.63) is 0 Å². The molecule has 0 bridgehead atoms. The highest BCUT2D eigenvalue weighted by molar-refractivity contribution is 7.99. The van der Waals surface area contributed by atoms with Crippen molar-refractivity contribution in [3.63, 3.8) is 0 Å². The maximum atomic E-state index is 3.51. The molecule has 0 heterocycles. The second-order valence-corrected chi connectivity index (χ2v) is 6.47. The summed E-state index contributed by atoms with van der Waals surface area (Å²) in [5.74, 6) is 2.48. The minimum absolute atomic E-state index is 0.796. The number of hydrogen-bond donors (Lipinski definition) is 1. The minimum Gasteiger partial charge on any atom is -0.316 e. The number of nitrogens with one attached hydrogen (secondary N) is 1. The van der Waals surface area contributed by atoms with Gasteiger partial charge in [0.2, 0.25) is 0 Å². The quantitative estimate of drug-likeness (QED) is 0.789. The Bertz CT molecular complexity index is 177. The Morgan fingerprint density at radius 2 is 1.67 bits per heavy atom. The lowest BCUT2D eigenvalue weighted by molar-refractivity contribution is 0.404. The van der Waals surface area contributed by atoms with E-state index in [2.05, 4.69) is 24.1 Å². The molecule has 2 aliphatic rings. The van der Waals surface area contributed by atoms with Gasteiger partial charge in [0, 0.05) is 11.3 Å². The van der Waals surface area contributed by atoms with E-state index < -0.39 is 0 Å². The summed E-state index contributed by atoms with van der Waals surface area (Å²) in [5.41, 5.74) is 0. The second kappa shape index (κ2) is 6.15. The number of rotatable bonds is 4. The van der Waals surface area contributed by atoms with Gasteiger partial charge in [0.25, 0.3) is 0 Å². The van der Waals surface area contributed by atoms with Gasteiger partial charge in [0.1, 0.15) is 0 Å². The summed E-state index contributed by atoms with van der Waals surface area (Å²) in [6.45, 7) is 0. The van der Waals surface area contributed by atoms with E-state index >= 15 is 0 Å². The van der Waals surface area contributed by atoms with Gasteiger partial charge in [-0.25, -0.2) is 0 Å². The van der Waals surface area contributed by atoms with Crippen LogP contribution in [0, 0.1) is 5.92 Å². The summed E-state index contributed by atoms with van der Waals surface area (Å²) >= 11 is 2.26. The molecule has 0 radical (unpaired) electrons. The van der Waals surface area contributed by atoms with Crippen molar-refractivity contribution >= 4 is 11.8 Å². The Balaban J connectivity index is 1.71. The van der Waals surface area contributed by atoms with Crippen molar-refractivity contribution in [2.24, 2.45) is 5.92 Å². The van der Waals surface area contributed by atoms with Crippen LogP contribution in [-0.2, 0) is 0 Å². The second-order valence-electron chi connectivity index (χ2n) is 5.20. The van der Waals surface area contributed by atoms with E-state index in [9.17, 15) is 0 Å². The summed E-state index contributed by atoms with van der Waals surface area (Å²) in [6.07, 6.45) is 11.7. The molecule has 2 saturated carbocycles. The lowest BCUT2D eigenvalue weighted by atomic mass is 9.95. The molecular weight excluding hydrogens is 202 g/mol. The standard InChI is InChI=1S/C13H25NS/c1-14-12-8-4-5-9-13(12)15-10-11-6-2-3-7-11/h11-14H,2-10H2,1H3. The van der Waals surface area contributed by atoms with Gasteiger partial charge in [-0.2, -0.15) is 11.8 Å². The lowest BCUT2D eigenvalue weighted by Crippen LogP contribution is -2.38. The van der Waals surface area contributed by atoms with Gasteiger partial charge < -0.3 is 5.32 Å². The molecule has 88 valence electrons. The monoisotopic (exact) mass is 227 g/mol. The first-order valence-corrected chi connectivity index (χ1v) is 7.74. The normalized spacial score (nSPS) is 33.4. The van der Waals surface area contributed by atoms with Crippen LogP contribution in [0.1, 0.15) is 51.4 Å². The molecule has 1 N–H and O–H groups in total. The number of hydrogen-bond acceptors (Lipinski definition) is 2. The first-order valence-electron chi connectivity index (χ1n) is 6.69. The lowest BCUT2D eigenvalue weighted by Gasteiger charge is -2.31. The van der Waals surface area contributed by atoms with Gasteiger partial charge in [0.05, 0.1) is 0 Å². The van der Waals surface area contributed by atoms with Crippen LogP contribution in [0.3, 0.4) is 0 Å². The Labute approximate surface area is 98.8 Å². The topological polar surface area (TPSA) is 12.0 Å². The average molecular weight is 227 g/mol. The summed E-state index contributed by atoms with van der Waals surface area (Å²) in [5, 5.41) is 4.42. The molecule has 0 aromatic heterocycles. The molecule has 0 aliphatic heterocycles. The molecule has 2 aliphatic carbocycles. The van der Waals surface area contributed by atoms with Crippen LogP contribution in [0.5, 0.6) is 0 Å². The fourth-order valence-electron chi connectivity index (χ4n) is 3.06. The fraction of sp³-hybridized carbons (Fsp3) is 1.00. The van der Waals surface area contributed by atoms with Crippen LogP contribution < -0.4 is 5.32 Å². The average Bonchev–Trinajstić information content (AvgIpc) is 2.79. The summed E-state index contributed by atoms with van der Waals surface area (Å²) in [7, 11) is 2.14. The first kappa shape index (κ1) is 11.8.